The SMILES string of the molecule is O=C=S.[AsH3]. The quantitative estimate of drug-likeness (QED) is 0.317. The first-order valence-corrected chi connectivity index (χ1v) is 0.816. The molecule has 0 aromatic rings. The number of thiocarbonyl (C=S) groups is 1. The van der Waals surface area contributed by atoms with E-state index >= 15 is 0 Å². The monoisotopic (exact) mass is 138 g/mol. The number of hydrogen-bond acceptors (Lipinski definition) is 2. The zero-order valence-corrected chi connectivity index (χ0v) is 5.81. The van der Waals surface area contributed by atoms with Gasteiger partial charge >= 0.3 is 18.0 Å². The molecule has 24 valence electrons. The molecule has 0 aromatic heterocycles. The third-order valence-corrected chi connectivity index (χ3v) is 0. The molecule has 3 heteroatoms. The summed E-state index contributed by atoms with van der Waals surface area (Å²) >= 11 is 3.59. The van der Waals surface area contributed by atoms with Crippen molar-refractivity contribution in [2.24, 2.45) is 0 Å². The molecule has 0 fully saturated rings. The van der Waals surface area contributed by atoms with Crippen molar-refractivity contribution in [1.29, 1.82) is 0 Å². The van der Waals surface area contributed by atoms with E-state index < -0.39 is 0 Å². The van der Waals surface area contributed by atoms with Crippen molar-refractivity contribution >= 4 is 35.4 Å². The van der Waals surface area contributed by atoms with Crippen LogP contribution in [0.1, 0.15) is 0 Å². The summed E-state index contributed by atoms with van der Waals surface area (Å²) < 4.78 is 0. The number of hydrogen-bond donors (Lipinski definition) is 0. The normalized spacial score (nSPS) is 2.00. The van der Waals surface area contributed by atoms with E-state index in [1.54, 1.807) is 0 Å². The summed E-state index contributed by atoms with van der Waals surface area (Å²) in [5, 5.41) is 1.08. The Kier molecular flexibility index (Phi) is 22.4. The van der Waals surface area contributed by atoms with Crippen LogP contribution in [-0.4, -0.2) is 23.2 Å². The van der Waals surface area contributed by atoms with E-state index in [1.165, 1.54) is 0 Å². The fourth-order valence-corrected chi connectivity index (χ4v) is 0. The molecule has 0 rings (SSSR count). The Balaban J connectivity index is 0. The van der Waals surface area contributed by atoms with Crippen LogP contribution >= 0.6 is 12.2 Å². The first-order valence-electron chi connectivity index (χ1n) is 0.408. The second-order valence-electron chi connectivity index (χ2n) is 0.0833. The van der Waals surface area contributed by atoms with Crippen LogP contribution in [0, 0.1) is 0 Å². The van der Waals surface area contributed by atoms with Crippen LogP contribution in [0.2, 0.25) is 0 Å². The molecule has 0 aliphatic carbocycles. The molecule has 0 aromatic carbocycles. The average molecular weight is 138 g/mol. The van der Waals surface area contributed by atoms with Crippen LogP contribution in [0.4, 0.5) is 0 Å². The minimum absolute atomic E-state index is 0. The molecule has 0 bridgehead atoms. The molecule has 0 spiro atoms. The fourth-order valence-electron chi connectivity index (χ4n) is 0. The van der Waals surface area contributed by atoms with Gasteiger partial charge < -0.3 is 0 Å². The molecule has 1 unspecified atom stereocenters. The Morgan fingerprint density at radius 1 is 1.75 bits per heavy atom. The standard InChI is InChI=1S/COS.AsH3/c2-1-3;/h;1H3. The van der Waals surface area contributed by atoms with E-state index in [1.807, 2.05) is 0 Å². The molecule has 0 N–H and O–H groups in total. The van der Waals surface area contributed by atoms with Crippen LogP contribution in [0.15, 0.2) is 0 Å². The van der Waals surface area contributed by atoms with E-state index in [2.05, 4.69) is 12.2 Å². The summed E-state index contributed by atoms with van der Waals surface area (Å²) in [6, 6.07) is 0. The Bertz CT molecular complexity index is 29.0. The van der Waals surface area contributed by atoms with Gasteiger partial charge in [0.15, 0.2) is 0 Å². The van der Waals surface area contributed by atoms with Crippen molar-refractivity contribution in [1.82, 2.24) is 0 Å². The second-order valence-corrected chi connectivity index (χ2v) is 0.250. The van der Waals surface area contributed by atoms with Crippen molar-refractivity contribution < 1.29 is 4.79 Å². The van der Waals surface area contributed by atoms with Gasteiger partial charge in [-0.15, -0.1) is 0 Å². The first kappa shape index (κ1) is 8.84. The second kappa shape index (κ2) is 10.1. The first-order chi connectivity index (χ1) is 1.41. The van der Waals surface area contributed by atoms with Gasteiger partial charge in [-0.1, -0.05) is 0 Å². The fraction of sp³-hybridized carbons (Fsp3) is 0. The number of carbonyl (C=O) groups excluding carboxylic acids is 1. The minimum atomic E-state index is 0. The zero-order chi connectivity index (χ0) is 2.71. The topological polar surface area (TPSA) is 17.1 Å². The molecule has 1 nitrogen and oxygen atoms in total. The van der Waals surface area contributed by atoms with Crippen molar-refractivity contribution in [2.45, 2.75) is 0 Å². The maximum absolute atomic E-state index is 8.50. The van der Waals surface area contributed by atoms with Crippen molar-refractivity contribution in [2.75, 3.05) is 0 Å². The molecule has 0 saturated heterocycles. The molecule has 4 heavy (non-hydrogen) atoms. The van der Waals surface area contributed by atoms with Crippen molar-refractivity contribution in [3.8, 4) is 0 Å². The van der Waals surface area contributed by atoms with Gasteiger partial charge in [-0.25, -0.2) is 4.79 Å². The van der Waals surface area contributed by atoms with E-state index in [0.717, 1.165) is 5.23 Å². The molecule has 0 radical (unpaired) electrons. The predicted molar refractivity (Wildman–Crippen MR) is 23.2 cm³/mol. The third kappa shape index (κ3) is 33.9. The molecular weight excluding hydrogens is 135 g/mol. The Labute approximate surface area is 40.7 Å². The third-order valence-electron chi connectivity index (χ3n) is 0. The van der Waals surface area contributed by atoms with E-state index in [9.17, 15) is 0 Å². The van der Waals surface area contributed by atoms with Gasteiger partial charge in [0.25, 0.3) is 0 Å². The summed E-state index contributed by atoms with van der Waals surface area (Å²) in [7, 11) is 0. The molecule has 0 saturated carbocycles. The van der Waals surface area contributed by atoms with E-state index in [0.29, 0.717) is 0 Å². The van der Waals surface area contributed by atoms with Gasteiger partial charge in [-0.2, -0.15) is 0 Å². The molecule has 0 amide bonds. The maximum atomic E-state index is 8.50. The zero-order valence-electron chi connectivity index (χ0n) is 2.02. The molecule has 0 aliphatic heterocycles. The summed E-state index contributed by atoms with van der Waals surface area (Å²) in [5.74, 6) is 0. The van der Waals surface area contributed by atoms with Crippen LogP contribution in [0.3, 0.4) is 0 Å². The van der Waals surface area contributed by atoms with Gasteiger partial charge in [-0.3, -0.25) is 0 Å². The van der Waals surface area contributed by atoms with Gasteiger partial charge in [-0.05, 0) is 0 Å². The van der Waals surface area contributed by atoms with Crippen LogP contribution in [-0.2, 0) is 4.79 Å². The van der Waals surface area contributed by atoms with Crippen molar-refractivity contribution in [3.63, 3.8) is 0 Å². The molecule has 0 aliphatic rings. The summed E-state index contributed by atoms with van der Waals surface area (Å²) in [6.45, 7) is 0. The Hall–Kier alpha value is 0.358. The van der Waals surface area contributed by atoms with E-state index in [-0.39, 0.29) is 18.0 Å². The van der Waals surface area contributed by atoms with Crippen LogP contribution in [0.25, 0.3) is 0 Å². The predicted octanol–water partition coefficient (Wildman–Crippen LogP) is -0.933. The molecule has 1 atom stereocenters. The van der Waals surface area contributed by atoms with Crippen LogP contribution < -0.4 is 0 Å². The average Bonchev–Trinajstić information content (AvgIpc) is 0.918. The Morgan fingerprint density at radius 2 is 1.75 bits per heavy atom. The van der Waals surface area contributed by atoms with Crippen LogP contribution in [0.5, 0.6) is 0 Å². The Morgan fingerprint density at radius 3 is 1.75 bits per heavy atom. The van der Waals surface area contributed by atoms with Gasteiger partial charge in [0.2, 0.25) is 5.23 Å². The van der Waals surface area contributed by atoms with Gasteiger partial charge in [0.05, 0.1) is 0 Å². The van der Waals surface area contributed by atoms with Gasteiger partial charge in [0.1, 0.15) is 0 Å². The summed E-state index contributed by atoms with van der Waals surface area (Å²) in [6.07, 6.45) is 0. The molecule has 0 heterocycles. The van der Waals surface area contributed by atoms with E-state index in [4.69, 9.17) is 4.79 Å². The summed E-state index contributed by atoms with van der Waals surface area (Å²) in [4.78, 5) is 8.50. The number of rotatable bonds is 0. The summed E-state index contributed by atoms with van der Waals surface area (Å²) in [5.41, 5.74) is 0. The van der Waals surface area contributed by atoms with Gasteiger partial charge in [0, 0.05) is 12.2 Å². The van der Waals surface area contributed by atoms with Crippen molar-refractivity contribution in [3.05, 3.63) is 0 Å². The molecular formula is CH3AsOS.